The molecule has 0 bridgehead atoms. The first kappa shape index (κ1) is 15.2. The molecule has 0 spiro atoms. The number of aliphatic carboxylic acids is 1. The van der Waals surface area contributed by atoms with Crippen LogP contribution in [0.25, 0.3) is 10.8 Å². The van der Waals surface area contributed by atoms with Gasteiger partial charge >= 0.3 is 5.97 Å². The molecule has 0 fully saturated rings. The third-order valence-electron chi connectivity index (χ3n) is 2.88. The highest BCUT2D eigenvalue weighted by Crippen LogP contribution is 2.27. The van der Waals surface area contributed by atoms with Crippen molar-refractivity contribution in [3.05, 3.63) is 29.0 Å². The lowest BCUT2D eigenvalue weighted by Crippen LogP contribution is -2.29. The molecule has 6 nitrogen and oxygen atoms in total. The number of hydrogen-bond donors (Lipinski definition) is 2. The highest BCUT2D eigenvalue weighted by molar-refractivity contribution is 7.15. The summed E-state index contributed by atoms with van der Waals surface area (Å²) in [7, 11) is 0. The van der Waals surface area contributed by atoms with Gasteiger partial charge in [-0.3, -0.25) is 9.59 Å². The zero-order valence-corrected chi connectivity index (χ0v) is 12.6. The van der Waals surface area contributed by atoms with Crippen LogP contribution in [-0.4, -0.2) is 28.5 Å². The Morgan fingerprint density at radius 1 is 1.52 bits per heavy atom. The molecule has 2 aromatic heterocycles. The third kappa shape index (κ3) is 3.91. The Morgan fingerprint density at radius 2 is 2.29 bits per heavy atom. The second kappa shape index (κ2) is 6.53. The fourth-order valence-electron chi connectivity index (χ4n) is 1.83. The zero-order chi connectivity index (χ0) is 15.4. The van der Waals surface area contributed by atoms with Crippen LogP contribution in [0.5, 0.6) is 0 Å². The molecule has 21 heavy (non-hydrogen) atoms. The Kier molecular flexibility index (Phi) is 4.74. The first-order valence-corrected chi connectivity index (χ1v) is 7.30. The maximum Gasteiger partial charge on any atom is 0.303 e. The van der Waals surface area contributed by atoms with Crippen LogP contribution in [0.3, 0.4) is 0 Å². The summed E-state index contributed by atoms with van der Waals surface area (Å²) < 4.78 is 5.26. The third-order valence-corrected chi connectivity index (χ3v) is 3.86. The molecule has 0 aliphatic rings. The molecule has 0 saturated heterocycles. The van der Waals surface area contributed by atoms with Gasteiger partial charge in [-0.1, -0.05) is 6.92 Å². The molecule has 2 N–H and O–H groups in total. The molecule has 1 unspecified atom stereocenters. The summed E-state index contributed by atoms with van der Waals surface area (Å²) in [5.41, 5.74) is 0.355. The zero-order valence-electron chi connectivity index (χ0n) is 11.8. The monoisotopic (exact) mass is 308 g/mol. The van der Waals surface area contributed by atoms with Gasteiger partial charge in [-0.05, 0) is 25.0 Å². The van der Waals surface area contributed by atoms with Crippen molar-refractivity contribution >= 4 is 23.2 Å². The number of nitrogens with one attached hydrogen (secondary N) is 1. The van der Waals surface area contributed by atoms with E-state index in [4.69, 9.17) is 9.52 Å². The van der Waals surface area contributed by atoms with E-state index in [-0.39, 0.29) is 18.2 Å². The maximum atomic E-state index is 12.1. The second-order valence-electron chi connectivity index (χ2n) is 4.81. The number of carbonyl (C=O) groups is 2. The van der Waals surface area contributed by atoms with Gasteiger partial charge < -0.3 is 14.8 Å². The number of nitrogens with zero attached hydrogens (tertiary/aromatic N) is 1. The first-order chi connectivity index (χ1) is 9.97. The second-order valence-corrected chi connectivity index (χ2v) is 6.02. The number of aromatic nitrogens is 1. The van der Waals surface area contributed by atoms with E-state index in [9.17, 15) is 9.59 Å². The van der Waals surface area contributed by atoms with E-state index in [2.05, 4.69) is 10.3 Å². The van der Waals surface area contributed by atoms with Gasteiger partial charge in [-0.2, -0.15) is 0 Å². The van der Waals surface area contributed by atoms with E-state index in [1.165, 1.54) is 11.3 Å². The van der Waals surface area contributed by atoms with Gasteiger partial charge in [-0.15, -0.1) is 11.3 Å². The normalized spacial score (nSPS) is 12.1. The molecule has 0 radical (unpaired) electrons. The molecule has 1 atom stereocenters. The van der Waals surface area contributed by atoms with E-state index in [0.29, 0.717) is 23.0 Å². The number of carboxylic acids is 1. The fraction of sp³-hybridized carbons (Fsp3) is 0.357. The smallest absolute Gasteiger partial charge is 0.303 e. The fourth-order valence-corrected chi connectivity index (χ4v) is 2.71. The van der Waals surface area contributed by atoms with Crippen LogP contribution in [0.2, 0.25) is 0 Å². The Morgan fingerprint density at radius 3 is 2.90 bits per heavy atom. The van der Waals surface area contributed by atoms with E-state index >= 15 is 0 Å². The molecular weight excluding hydrogens is 292 g/mol. The van der Waals surface area contributed by atoms with Crippen molar-refractivity contribution in [2.24, 2.45) is 5.92 Å². The average Bonchev–Trinajstić information content (AvgIpc) is 3.04. The van der Waals surface area contributed by atoms with Crippen LogP contribution in [0.1, 0.15) is 28.7 Å². The molecule has 2 heterocycles. The maximum absolute atomic E-state index is 12.1. The van der Waals surface area contributed by atoms with Crippen LogP contribution in [0, 0.1) is 12.8 Å². The summed E-state index contributed by atoms with van der Waals surface area (Å²) in [4.78, 5) is 27.8. The van der Waals surface area contributed by atoms with Gasteiger partial charge in [0.25, 0.3) is 5.91 Å². The van der Waals surface area contributed by atoms with Crippen LogP contribution < -0.4 is 5.32 Å². The van der Waals surface area contributed by atoms with Crippen LogP contribution in [0.4, 0.5) is 0 Å². The first-order valence-electron chi connectivity index (χ1n) is 6.48. The van der Waals surface area contributed by atoms with Gasteiger partial charge in [0.05, 0.1) is 6.26 Å². The van der Waals surface area contributed by atoms with E-state index < -0.39 is 5.97 Å². The molecule has 0 aliphatic carbocycles. The minimum atomic E-state index is -0.873. The Bertz CT molecular complexity index is 633. The standard InChI is InChI=1S/C14H16N2O4S/c1-8(6-11(17)18)7-15-13(19)12-9(2)21-14(16-12)10-4-3-5-20-10/h3-5,8H,6-7H2,1-2H3,(H,15,19)(H,17,18). The molecule has 0 saturated carbocycles. The van der Waals surface area contributed by atoms with Crippen LogP contribution in [0.15, 0.2) is 22.8 Å². The minimum absolute atomic E-state index is 0.0218. The predicted octanol–water partition coefficient (Wildman–Crippen LogP) is 2.55. The predicted molar refractivity (Wildman–Crippen MR) is 78.3 cm³/mol. The molecule has 0 aliphatic heterocycles. The lowest BCUT2D eigenvalue weighted by atomic mass is 10.1. The number of carboxylic acid groups (broad SMARTS) is 1. The molecule has 2 aromatic rings. The number of amides is 1. The van der Waals surface area contributed by atoms with Crippen molar-refractivity contribution < 1.29 is 19.1 Å². The average molecular weight is 308 g/mol. The van der Waals surface area contributed by atoms with E-state index in [1.54, 1.807) is 25.3 Å². The van der Waals surface area contributed by atoms with Crippen LogP contribution in [-0.2, 0) is 4.79 Å². The number of hydrogen-bond acceptors (Lipinski definition) is 5. The Labute approximate surface area is 125 Å². The summed E-state index contributed by atoms with van der Waals surface area (Å²) in [5.74, 6) is -0.670. The summed E-state index contributed by atoms with van der Waals surface area (Å²) >= 11 is 1.39. The Hall–Kier alpha value is -2.15. The van der Waals surface area contributed by atoms with E-state index in [1.807, 2.05) is 6.92 Å². The lowest BCUT2D eigenvalue weighted by molar-refractivity contribution is -0.137. The summed E-state index contributed by atoms with van der Waals surface area (Å²) in [6.07, 6.45) is 1.58. The van der Waals surface area contributed by atoms with Crippen molar-refractivity contribution in [1.82, 2.24) is 10.3 Å². The number of thiazole rings is 1. The highest BCUT2D eigenvalue weighted by atomic mass is 32.1. The number of rotatable bonds is 6. The van der Waals surface area contributed by atoms with Gasteiger partial charge in [0.15, 0.2) is 10.8 Å². The van der Waals surface area contributed by atoms with Gasteiger partial charge in [0.2, 0.25) is 0 Å². The molecular formula is C14H16N2O4S. The molecule has 2 rings (SSSR count). The number of aryl methyl sites for hydroxylation is 1. The van der Waals surface area contributed by atoms with Gasteiger partial charge in [0.1, 0.15) is 5.69 Å². The van der Waals surface area contributed by atoms with Crippen molar-refractivity contribution in [2.45, 2.75) is 20.3 Å². The largest absolute Gasteiger partial charge is 0.481 e. The molecule has 0 aromatic carbocycles. The summed E-state index contributed by atoms with van der Waals surface area (Å²) in [6, 6.07) is 3.55. The summed E-state index contributed by atoms with van der Waals surface area (Å²) in [5, 5.41) is 12.1. The van der Waals surface area contributed by atoms with Crippen molar-refractivity contribution in [2.75, 3.05) is 6.54 Å². The number of carbonyl (C=O) groups excluding carboxylic acids is 1. The molecule has 7 heteroatoms. The van der Waals surface area contributed by atoms with Crippen molar-refractivity contribution in [1.29, 1.82) is 0 Å². The number of furan rings is 1. The summed E-state index contributed by atoms with van der Waals surface area (Å²) in [6.45, 7) is 3.90. The minimum Gasteiger partial charge on any atom is -0.481 e. The quantitative estimate of drug-likeness (QED) is 0.855. The Balaban J connectivity index is 2.01. The molecule has 1 amide bonds. The van der Waals surface area contributed by atoms with E-state index in [0.717, 1.165) is 4.88 Å². The van der Waals surface area contributed by atoms with Gasteiger partial charge in [0, 0.05) is 17.8 Å². The highest BCUT2D eigenvalue weighted by Gasteiger charge is 2.18. The SMILES string of the molecule is Cc1sc(-c2ccco2)nc1C(=O)NCC(C)CC(=O)O. The van der Waals surface area contributed by atoms with Gasteiger partial charge in [-0.25, -0.2) is 4.98 Å². The van der Waals surface area contributed by atoms with Crippen molar-refractivity contribution in [3.63, 3.8) is 0 Å². The van der Waals surface area contributed by atoms with Crippen molar-refractivity contribution in [3.8, 4) is 10.8 Å². The topological polar surface area (TPSA) is 92.4 Å². The molecule has 112 valence electrons. The van der Waals surface area contributed by atoms with Crippen LogP contribution >= 0.6 is 11.3 Å². The lowest BCUT2D eigenvalue weighted by Gasteiger charge is -2.09.